The van der Waals surface area contributed by atoms with Crippen LogP contribution < -0.4 is 11.1 Å². The van der Waals surface area contributed by atoms with E-state index in [0.717, 1.165) is 38.2 Å². The summed E-state index contributed by atoms with van der Waals surface area (Å²) in [5, 5.41) is 7.42. The van der Waals surface area contributed by atoms with Gasteiger partial charge in [0.05, 0.1) is 6.20 Å². The summed E-state index contributed by atoms with van der Waals surface area (Å²) < 4.78 is 1.70. The molecule has 0 aromatic carbocycles. The molecule has 1 amide bonds. The van der Waals surface area contributed by atoms with Crippen LogP contribution in [0.1, 0.15) is 18.0 Å². The lowest BCUT2D eigenvalue weighted by atomic mass is 10.1. The minimum Gasteiger partial charge on any atom is -0.368 e. The summed E-state index contributed by atoms with van der Waals surface area (Å²) in [5.74, 6) is -0.306. The fourth-order valence-electron chi connectivity index (χ4n) is 2.26. The Morgan fingerprint density at radius 1 is 1.53 bits per heavy atom. The van der Waals surface area contributed by atoms with E-state index in [1.54, 1.807) is 10.9 Å². The van der Waals surface area contributed by atoms with Crippen molar-refractivity contribution in [3.05, 3.63) is 18.0 Å². The van der Waals surface area contributed by atoms with E-state index in [2.05, 4.69) is 15.3 Å². The van der Waals surface area contributed by atoms with E-state index < -0.39 is 0 Å². The van der Waals surface area contributed by atoms with Gasteiger partial charge in [-0.15, -0.1) is 0 Å². The molecule has 2 rings (SSSR count). The van der Waals surface area contributed by atoms with Gasteiger partial charge < -0.3 is 11.1 Å². The molecule has 1 unspecified atom stereocenters. The van der Waals surface area contributed by atoms with E-state index in [-0.39, 0.29) is 11.9 Å². The third kappa shape index (κ3) is 2.83. The maximum atomic E-state index is 11.6. The van der Waals surface area contributed by atoms with Crippen molar-refractivity contribution in [1.82, 2.24) is 20.0 Å². The largest absolute Gasteiger partial charge is 0.368 e. The highest BCUT2D eigenvalue weighted by molar-refractivity contribution is 5.81. The van der Waals surface area contributed by atoms with Crippen molar-refractivity contribution in [2.24, 2.45) is 12.8 Å². The van der Waals surface area contributed by atoms with Crippen LogP contribution in [0, 0.1) is 0 Å². The number of amides is 1. The normalized spacial score (nSPS) is 19.8. The van der Waals surface area contributed by atoms with Gasteiger partial charge in [-0.3, -0.25) is 14.4 Å². The second-order valence-electron chi connectivity index (χ2n) is 4.39. The van der Waals surface area contributed by atoms with Crippen LogP contribution in [0.15, 0.2) is 12.4 Å². The summed E-state index contributed by atoms with van der Waals surface area (Å²) >= 11 is 0. The molecule has 1 atom stereocenters. The molecular formula is C11H19N5O. The fraction of sp³-hybridized carbons (Fsp3) is 0.636. The fourth-order valence-corrected chi connectivity index (χ4v) is 2.26. The minimum absolute atomic E-state index is 0.306. The number of hydrogen-bond acceptors (Lipinski definition) is 4. The minimum atomic E-state index is -0.358. The van der Waals surface area contributed by atoms with Crippen LogP contribution in [0.3, 0.4) is 0 Å². The van der Waals surface area contributed by atoms with Gasteiger partial charge in [0.25, 0.3) is 0 Å². The van der Waals surface area contributed by atoms with E-state index in [0.29, 0.717) is 0 Å². The quantitative estimate of drug-likeness (QED) is 0.724. The van der Waals surface area contributed by atoms with Gasteiger partial charge in [0.15, 0.2) is 0 Å². The Hall–Kier alpha value is -1.40. The Morgan fingerprint density at radius 3 is 3.00 bits per heavy atom. The summed E-state index contributed by atoms with van der Waals surface area (Å²) in [7, 11) is 1.84. The van der Waals surface area contributed by atoms with Crippen molar-refractivity contribution in [2.45, 2.75) is 12.5 Å². The molecule has 0 spiro atoms. The first kappa shape index (κ1) is 12.1. The van der Waals surface area contributed by atoms with Crippen LogP contribution in [-0.2, 0) is 11.8 Å². The number of primary amides is 1. The average molecular weight is 237 g/mol. The highest BCUT2D eigenvalue weighted by atomic mass is 16.1. The lowest BCUT2D eigenvalue weighted by Gasteiger charge is -2.26. The van der Waals surface area contributed by atoms with Gasteiger partial charge in [-0.1, -0.05) is 0 Å². The molecule has 1 fully saturated rings. The molecule has 1 aromatic heterocycles. The van der Waals surface area contributed by atoms with Crippen molar-refractivity contribution in [2.75, 3.05) is 26.2 Å². The molecule has 17 heavy (non-hydrogen) atoms. The monoisotopic (exact) mass is 237 g/mol. The molecule has 2 heterocycles. The summed E-state index contributed by atoms with van der Waals surface area (Å²) in [5.41, 5.74) is 6.40. The second kappa shape index (κ2) is 5.29. The van der Waals surface area contributed by atoms with E-state index in [4.69, 9.17) is 5.73 Å². The number of nitrogens with zero attached hydrogens (tertiary/aromatic N) is 3. The summed E-state index contributed by atoms with van der Waals surface area (Å²) in [6, 6.07) is -0.358. The molecule has 94 valence electrons. The number of aromatic nitrogens is 2. The molecule has 6 nitrogen and oxygen atoms in total. The van der Waals surface area contributed by atoms with Gasteiger partial charge in [0, 0.05) is 38.4 Å². The van der Waals surface area contributed by atoms with Crippen molar-refractivity contribution in [1.29, 1.82) is 0 Å². The zero-order valence-electron chi connectivity index (χ0n) is 10.1. The molecule has 0 saturated carbocycles. The molecule has 3 N–H and O–H groups in total. The molecule has 0 radical (unpaired) electrons. The molecular weight excluding hydrogens is 218 g/mol. The Kier molecular flexibility index (Phi) is 3.75. The van der Waals surface area contributed by atoms with Crippen LogP contribution in [0.2, 0.25) is 0 Å². The van der Waals surface area contributed by atoms with E-state index in [1.165, 1.54) is 0 Å². The number of carbonyl (C=O) groups excluding carboxylic acids is 1. The molecule has 6 heteroatoms. The molecule has 0 bridgehead atoms. The van der Waals surface area contributed by atoms with Crippen LogP contribution >= 0.6 is 0 Å². The average Bonchev–Trinajstić information content (AvgIpc) is 2.53. The Balaban J connectivity index is 2.18. The number of nitrogens with two attached hydrogens (primary N) is 1. The van der Waals surface area contributed by atoms with E-state index in [9.17, 15) is 4.79 Å². The maximum absolute atomic E-state index is 11.6. The maximum Gasteiger partial charge on any atom is 0.239 e. The van der Waals surface area contributed by atoms with E-state index in [1.807, 2.05) is 13.2 Å². The molecule has 1 aromatic rings. The summed E-state index contributed by atoms with van der Waals surface area (Å²) in [6.07, 6.45) is 4.60. The van der Waals surface area contributed by atoms with Gasteiger partial charge in [-0.2, -0.15) is 5.10 Å². The van der Waals surface area contributed by atoms with Gasteiger partial charge in [-0.05, 0) is 13.0 Å². The zero-order chi connectivity index (χ0) is 12.3. The van der Waals surface area contributed by atoms with Gasteiger partial charge in [0.1, 0.15) is 6.04 Å². The lowest BCUT2D eigenvalue weighted by Crippen LogP contribution is -2.39. The zero-order valence-corrected chi connectivity index (χ0v) is 10.1. The van der Waals surface area contributed by atoms with Crippen LogP contribution in [0.4, 0.5) is 0 Å². The number of hydrogen-bond donors (Lipinski definition) is 2. The third-order valence-electron chi connectivity index (χ3n) is 3.05. The first-order valence-electron chi connectivity index (χ1n) is 5.91. The summed E-state index contributed by atoms with van der Waals surface area (Å²) in [4.78, 5) is 13.8. The number of aryl methyl sites for hydroxylation is 1. The van der Waals surface area contributed by atoms with Crippen molar-refractivity contribution in [3.8, 4) is 0 Å². The third-order valence-corrected chi connectivity index (χ3v) is 3.05. The molecule has 1 aliphatic heterocycles. The second-order valence-corrected chi connectivity index (χ2v) is 4.39. The predicted octanol–water partition coefficient (Wildman–Crippen LogP) is -0.758. The highest BCUT2D eigenvalue weighted by Crippen LogP contribution is 2.20. The lowest BCUT2D eigenvalue weighted by molar-refractivity contribution is -0.123. The van der Waals surface area contributed by atoms with E-state index >= 15 is 0 Å². The molecule has 0 aliphatic carbocycles. The predicted molar refractivity (Wildman–Crippen MR) is 64.2 cm³/mol. The molecule has 1 aliphatic rings. The van der Waals surface area contributed by atoms with Crippen LogP contribution in [-0.4, -0.2) is 46.8 Å². The standard InChI is InChI=1S/C11H19N5O/c1-15-8-9(7-14-15)10(11(12)17)16-5-2-3-13-4-6-16/h7-8,10,13H,2-6H2,1H3,(H2,12,17). The SMILES string of the molecule is Cn1cc(C(C(N)=O)N2CCCNCC2)cn1. The number of carbonyl (C=O) groups is 1. The number of nitrogens with one attached hydrogen (secondary N) is 1. The van der Waals surface area contributed by atoms with Gasteiger partial charge in [-0.25, -0.2) is 0 Å². The Labute approximate surface area is 101 Å². The van der Waals surface area contributed by atoms with Gasteiger partial charge in [0.2, 0.25) is 5.91 Å². The van der Waals surface area contributed by atoms with Crippen LogP contribution in [0.25, 0.3) is 0 Å². The smallest absolute Gasteiger partial charge is 0.239 e. The summed E-state index contributed by atoms with van der Waals surface area (Å²) in [6.45, 7) is 3.61. The topological polar surface area (TPSA) is 76.2 Å². The van der Waals surface area contributed by atoms with Crippen LogP contribution in [0.5, 0.6) is 0 Å². The Morgan fingerprint density at radius 2 is 2.35 bits per heavy atom. The van der Waals surface area contributed by atoms with Crippen molar-refractivity contribution >= 4 is 5.91 Å². The van der Waals surface area contributed by atoms with Crippen molar-refractivity contribution in [3.63, 3.8) is 0 Å². The first-order valence-corrected chi connectivity index (χ1v) is 5.91. The number of rotatable bonds is 3. The van der Waals surface area contributed by atoms with Crippen molar-refractivity contribution < 1.29 is 4.79 Å². The first-order chi connectivity index (χ1) is 8.18. The Bertz CT molecular complexity index is 381. The highest BCUT2D eigenvalue weighted by Gasteiger charge is 2.27. The van der Waals surface area contributed by atoms with Gasteiger partial charge >= 0.3 is 0 Å². The molecule has 1 saturated heterocycles.